The lowest BCUT2D eigenvalue weighted by molar-refractivity contribution is 0.385. The smallest absolute Gasteiger partial charge is 0.240 e. The number of hydrogen-bond acceptors (Lipinski definition) is 4. The Kier molecular flexibility index (Phi) is 4.70. The van der Waals surface area contributed by atoms with Crippen LogP contribution >= 0.6 is 11.3 Å². The highest BCUT2D eigenvalue weighted by molar-refractivity contribution is 7.89. The minimum Gasteiger partial charge on any atom is -0.494 e. The first-order valence-corrected chi connectivity index (χ1v) is 9.79. The molecule has 0 fully saturated rings. The van der Waals surface area contributed by atoms with Gasteiger partial charge in [-0.3, -0.25) is 0 Å². The summed E-state index contributed by atoms with van der Waals surface area (Å²) in [6.07, 6.45) is 4.43. The quantitative estimate of drug-likeness (QED) is 0.896. The van der Waals surface area contributed by atoms with E-state index in [2.05, 4.69) is 4.72 Å². The van der Waals surface area contributed by atoms with Gasteiger partial charge < -0.3 is 4.74 Å². The van der Waals surface area contributed by atoms with E-state index in [0.717, 1.165) is 30.9 Å². The summed E-state index contributed by atoms with van der Waals surface area (Å²) >= 11 is 1.69. The Balaban J connectivity index is 1.76. The van der Waals surface area contributed by atoms with E-state index in [-0.39, 0.29) is 17.2 Å². The predicted octanol–water partition coefficient (Wildman–Crippen LogP) is 3.25. The van der Waals surface area contributed by atoms with Crippen LogP contribution in [0, 0.1) is 5.82 Å². The molecule has 1 aliphatic carbocycles. The van der Waals surface area contributed by atoms with Crippen molar-refractivity contribution >= 4 is 21.4 Å². The molecular formula is C16H18FNO3S2. The summed E-state index contributed by atoms with van der Waals surface area (Å²) < 4.78 is 45.7. The monoisotopic (exact) mass is 355 g/mol. The first kappa shape index (κ1) is 16.4. The van der Waals surface area contributed by atoms with Crippen molar-refractivity contribution in [2.24, 2.45) is 0 Å². The molecule has 0 atom stereocenters. The molecule has 0 aliphatic heterocycles. The maximum atomic E-state index is 13.7. The Morgan fingerprint density at radius 1 is 1.30 bits per heavy atom. The third-order valence-electron chi connectivity index (χ3n) is 4.03. The molecule has 2 aromatic rings. The molecule has 1 aliphatic rings. The van der Waals surface area contributed by atoms with Gasteiger partial charge in [0, 0.05) is 11.4 Å². The molecule has 0 radical (unpaired) electrons. The molecule has 124 valence electrons. The van der Waals surface area contributed by atoms with E-state index in [4.69, 9.17) is 4.74 Å². The van der Waals surface area contributed by atoms with Crippen LogP contribution in [-0.4, -0.2) is 15.5 Å². The average Bonchev–Trinajstić information content (AvgIpc) is 2.96. The molecule has 1 N–H and O–H groups in total. The average molecular weight is 355 g/mol. The zero-order chi connectivity index (χ0) is 16.4. The highest BCUT2D eigenvalue weighted by Gasteiger charge is 2.19. The molecule has 0 saturated carbocycles. The van der Waals surface area contributed by atoms with Crippen molar-refractivity contribution < 1.29 is 17.5 Å². The van der Waals surface area contributed by atoms with Crippen LogP contribution in [0.3, 0.4) is 0 Å². The van der Waals surface area contributed by atoms with Crippen molar-refractivity contribution in [3.63, 3.8) is 0 Å². The highest BCUT2D eigenvalue weighted by Crippen LogP contribution is 2.30. The topological polar surface area (TPSA) is 55.4 Å². The number of benzene rings is 1. The van der Waals surface area contributed by atoms with Gasteiger partial charge in [-0.1, -0.05) is 0 Å². The molecule has 1 heterocycles. The van der Waals surface area contributed by atoms with Crippen molar-refractivity contribution in [2.45, 2.75) is 37.1 Å². The van der Waals surface area contributed by atoms with E-state index in [9.17, 15) is 12.8 Å². The zero-order valence-corrected chi connectivity index (χ0v) is 14.4. The van der Waals surface area contributed by atoms with Gasteiger partial charge in [0.15, 0.2) is 11.6 Å². The van der Waals surface area contributed by atoms with Crippen molar-refractivity contribution in [3.8, 4) is 5.75 Å². The first-order chi connectivity index (χ1) is 11.0. The van der Waals surface area contributed by atoms with Crippen molar-refractivity contribution in [1.82, 2.24) is 4.72 Å². The molecule has 0 saturated heterocycles. The molecule has 0 unspecified atom stereocenters. The molecule has 1 aromatic carbocycles. The van der Waals surface area contributed by atoms with Gasteiger partial charge in [0.2, 0.25) is 10.0 Å². The van der Waals surface area contributed by atoms with Crippen molar-refractivity contribution in [3.05, 3.63) is 45.4 Å². The number of ether oxygens (including phenoxy) is 1. The van der Waals surface area contributed by atoms with Gasteiger partial charge in [-0.25, -0.2) is 17.5 Å². The van der Waals surface area contributed by atoms with E-state index in [1.54, 1.807) is 11.3 Å². The Hall–Kier alpha value is -1.44. The maximum Gasteiger partial charge on any atom is 0.240 e. The summed E-state index contributed by atoms with van der Waals surface area (Å²) in [6.45, 7) is 0.238. The van der Waals surface area contributed by atoms with Crippen LogP contribution in [0.4, 0.5) is 4.39 Å². The third-order valence-corrected chi connectivity index (χ3v) is 6.57. The Morgan fingerprint density at radius 3 is 2.83 bits per heavy atom. The lowest BCUT2D eigenvalue weighted by Crippen LogP contribution is -2.24. The van der Waals surface area contributed by atoms with E-state index >= 15 is 0 Å². The largest absolute Gasteiger partial charge is 0.494 e. The fraction of sp³-hybridized carbons (Fsp3) is 0.375. The van der Waals surface area contributed by atoms with Crippen LogP contribution < -0.4 is 9.46 Å². The van der Waals surface area contributed by atoms with Gasteiger partial charge >= 0.3 is 0 Å². The lowest BCUT2D eigenvalue weighted by Gasteiger charge is -2.13. The molecular weight excluding hydrogens is 337 g/mol. The van der Waals surface area contributed by atoms with Gasteiger partial charge in [-0.05, 0) is 60.4 Å². The van der Waals surface area contributed by atoms with E-state index in [1.165, 1.54) is 36.1 Å². The number of rotatable bonds is 5. The fourth-order valence-corrected chi connectivity index (χ4v) is 4.95. The standard InChI is InChI=1S/C16H18FNO3S2/c1-21-15-7-6-12(8-14(15)17)23(19,20)18-9-11-10-22-16-5-3-2-4-13(11)16/h6-8,10,18H,2-5,9H2,1H3. The maximum absolute atomic E-state index is 13.7. The second-order valence-electron chi connectivity index (χ2n) is 5.49. The Bertz CT molecular complexity index is 815. The normalized spacial score (nSPS) is 14.5. The molecule has 7 heteroatoms. The molecule has 0 bridgehead atoms. The number of fused-ring (bicyclic) bond motifs is 1. The third kappa shape index (κ3) is 3.41. The zero-order valence-electron chi connectivity index (χ0n) is 12.8. The lowest BCUT2D eigenvalue weighted by atomic mass is 9.96. The van der Waals surface area contributed by atoms with Crippen molar-refractivity contribution in [2.75, 3.05) is 7.11 Å². The summed E-state index contributed by atoms with van der Waals surface area (Å²) in [5, 5.41) is 2.02. The van der Waals surface area contributed by atoms with Crippen molar-refractivity contribution in [1.29, 1.82) is 0 Å². The molecule has 3 rings (SSSR count). The Morgan fingerprint density at radius 2 is 2.09 bits per heavy atom. The van der Waals surface area contributed by atoms with E-state index < -0.39 is 15.8 Å². The van der Waals surface area contributed by atoms with Gasteiger partial charge in [0.25, 0.3) is 0 Å². The van der Waals surface area contributed by atoms with Crippen LogP contribution in [0.15, 0.2) is 28.5 Å². The van der Waals surface area contributed by atoms with Crippen LogP contribution in [0.2, 0.25) is 0 Å². The van der Waals surface area contributed by atoms with Crippen LogP contribution in [0.5, 0.6) is 5.75 Å². The first-order valence-electron chi connectivity index (χ1n) is 7.42. The Labute approximate surface area is 139 Å². The van der Waals surface area contributed by atoms with Gasteiger partial charge in [0.1, 0.15) is 0 Å². The van der Waals surface area contributed by atoms with Gasteiger partial charge in [0.05, 0.1) is 12.0 Å². The number of sulfonamides is 1. The summed E-state index contributed by atoms with van der Waals surface area (Å²) in [5.74, 6) is -0.667. The van der Waals surface area contributed by atoms with Crippen LogP contribution in [-0.2, 0) is 29.4 Å². The molecule has 23 heavy (non-hydrogen) atoms. The summed E-state index contributed by atoms with van der Waals surface area (Å²) in [4.78, 5) is 1.26. The van der Waals surface area contributed by atoms with Gasteiger partial charge in [-0.2, -0.15) is 0 Å². The van der Waals surface area contributed by atoms with Crippen LogP contribution in [0.25, 0.3) is 0 Å². The number of aryl methyl sites for hydroxylation is 1. The van der Waals surface area contributed by atoms with Crippen LogP contribution in [0.1, 0.15) is 28.8 Å². The second-order valence-corrected chi connectivity index (χ2v) is 8.22. The number of methoxy groups -OCH3 is 1. The number of thiophene rings is 1. The molecule has 0 amide bonds. The summed E-state index contributed by atoms with van der Waals surface area (Å²) in [6, 6.07) is 3.63. The van der Waals surface area contributed by atoms with E-state index in [0.29, 0.717) is 0 Å². The number of nitrogens with one attached hydrogen (secondary N) is 1. The highest BCUT2D eigenvalue weighted by atomic mass is 32.2. The molecule has 4 nitrogen and oxygen atoms in total. The summed E-state index contributed by atoms with van der Waals surface area (Å²) in [7, 11) is -2.41. The van der Waals surface area contributed by atoms with E-state index in [1.807, 2.05) is 5.38 Å². The fourth-order valence-electron chi connectivity index (χ4n) is 2.78. The van der Waals surface area contributed by atoms with Gasteiger partial charge in [-0.15, -0.1) is 11.3 Å². The number of halogens is 1. The molecule has 0 spiro atoms. The minimum atomic E-state index is -3.75. The SMILES string of the molecule is COc1ccc(S(=O)(=O)NCc2csc3c2CCCC3)cc1F. The summed E-state index contributed by atoms with van der Waals surface area (Å²) in [5.41, 5.74) is 2.31. The predicted molar refractivity (Wildman–Crippen MR) is 87.9 cm³/mol. The molecule has 1 aromatic heterocycles. The second kappa shape index (κ2) is 6.59. The number of hydrogen-bond donors (Lipinski definition) is 1. The minimum absolute atomic E-state index is 0.0239.